The van der Waals surface area contributed by atoms with Crippen molar-refractivity contribution in [3.63, 3.8) is 0 Å². The molecule has 8 nitrogen and oxygen atoms in total. The molecule has 0 saturated heterocycles. The molecule has 2 aromatic rings. The lowest BCUT2D eigenvalue weighted by Crippen LogP contribution is -2.29. The highest BCUT2D eigenvalue weighted by molar-refractivity contribution is 5.93. The van der Waals surface area contributed by atoms with Crippen molar-refractivity contribution >= 4 is 16.9 Å². The van der Waals surface area contributed by atoms with Gasteiger partial charge in [-0.3, -0.25) is 4.79 Å². The Labute approximate surface area is 160 Å². The first-order valence-corrected chi connectivity index (χ1v) is 8.57. The maximum Gasteiger partial charge on any atom is 0.338 e. The number of esters is 1. The zero-order valence-corrected chi connectivity index (χ0v) is 15.7. The molecule has 144 valence electrons. The van der Waals surface area contributed by atoms with E-state index in [9.17, 15) is 14.9 Å². The molecule has 1 aliphatic rings. The largest absolute Gasteiger partial charge is 0.497 e. The first-order valence-electron chi connectivity index (χ1n) is 8.57. The Hall–Kier alpha value is -3.73. The molecule has 1 aliphatic heterocycles. The normalized spacial score (nSPS) is 16.6. The second-order valence-corrected chi connectivity index (χ2v) is 6.12. The highest BCUT2D eigenvalue weighted by Gasteiger charge is 2.37. The average Bonchev–Trinajstić information content (AvgIpc) is 2.66. The Morgan fingerprint density at radius 3 is 2.79 bits per heavy atom. The van der Waals surface area contributed by atoms with Crippen molar-refractivity contribution in [3.05, 3.63) is 63.0 Å². The number of nitrogens with zero attached hydrogens (tertiary/aromatic N) is 1. The third-order valence-electron chi connectivity index (χ3n) is 4.49. The Balaban J connectivity index is 2.28. The number of hydrogen-bond donors (Lipinski definition) is 2. The third kappa shape index (κ3) is 3.18. The first kappa shape index (κ1) is 19.0. The highest BCUT2D eigenvalue weighted by Crippen LogP contribution is 2.39. The van der Waals surface area contributed by atoms with Crippen LogP contribution in [0.15, 0.2) is 51.8 Å². The number of nitriles is 1. The van der Waals surface area contributed by atoms with E-state index in [0.29, 0.717) is 16.7 Å². The van der Waals surface area contributed by atoms with Crippen LogP contribution in [0.25, 0.3) is 10.9 Å². The number of carbonyl (C=O) groups is 1. The van der Waals surface area contributed by atoms with Crippen LogP contribution in [0.3, 0.4) is 0 Å². The number of aromatic nitrogens is 1. The number of fused-ring (bicyclic) bond motifs is 1. The van der Waals surface area contributed by atoms with Gasteiger partial charge in [0.2, 0.25) is 5.88 Å². The van der Waals surface area contributed by atoms with Crippen LogP contribution in [0.4, 0.5) is 0 Å². The number of nitrogens with one attached hydrogen (secondary N) is 1. The van der Waals surface area contributed by atoms with Crippen LogP contribution in [0.2, 0.25) is 0 Å². The van der Waals surface area contributed by atoms with Gasteiger partial charge in [-0.2, -0.15) is 5.26 Å². The van der Waals surface area contributed by atoms with Crippen LogP contribution in [0.1, 0.15) is 25.3 Å². The molecule has 3 rings (SSSR count). The summed E-state index contributed by atoms with van der Waals surface area (Å²) >= 11 is 0. The quantitative estimate of drug-likeness (QED) is 0.777. The van der Waals surface area contributed by atoms with E-state index in [4.69, 9.17) is 19.9 Å². The molecule has 0 spiro atoms. The zero-order chi connectivity index (χ0) is 20.4. The maximum absolute atomic E-state index is 12.8. The minimum Gasteiger partial charge on any atom is -0.497 e. The number of ether oxygens (including phenoxy) is 3. The topological polar surface area (TPSA) is 127 Å². The van der Waals surface area contributed by atoms with Crippen molar-refractivity contribution in [2.45, 2.75) is 19.8 Å². The number of methoxy groups -OCH3 is 1. The van der Waals surface area contributed by atoms with Crippen LogP contribution in [-0.2, 0) is 14.3 Å². The highest BCUT2D eigenvalue weighted by atomic mass is 16.5. The molecule has 0 radical (unpaired) electrons. The van der Waals surface area contributed by atoms with E-state index >= 15 is 0 Å². The molecular formula is C20H19N3O5. The summed E-state index contributed by atoms with van der Waals surface area (Å²) in [5, 5.41) is 10.3. The van der Waals surface area contributed by atoms with E-state index < -0.39 is 17.4 Å². The Morgan fingerprint density at radius 2 is 2.14 bits per heavy atom. The molecule has 1 unspecified atom stereocenters. The summed E-state index contributed by atoms with van der Waals surface area (Å²) in [5.41, 5.74) is 6.25. The van der Waals surface area contributed by atoms with Gasteiger partial charge in [-0.1, -0.05) is 0 Å². The number of allylic oxidation sites excluding steroid dienone is 2. The number of rotatable bonds is 4. The number of pyridine rings is 1. The first-order chi connectivity index (χ1) is 13.4. The fourth-order valence-corrected chi connectivity index (χ4v) is 3.21. The lowest BCUT2D eigenvalue weighted by Gasteiger charge is -2.26. The van der Waals surface area contributed by atoms with Crippen molar-refractivity contribution in [3.8, 4) is 11.8 Å². The lowest BCUT2D eigenvalue weighted by molar-refractivity contribution is -0.139. The minimum absolute atomic E-state index is 0.0265. The number of nitrogens with two attached hydrogens (primary N) is 1. The summed E-state index contributed by atoms with van der Waals surface area (Å²) in [4.78, 5) is 28.2. The monoisotopic (exact) mass is 381 g/mol. The van der Waals surface area contributed by atoms with Gasteiger partial charge in [0.25, 0.3) is 5.56 Å². The second-order valence-electron chi connectivity index (χ2n) is 6.12. The van der Waals surface area contributed by atoms with Crippen molar-refractivity contribution in [1.82, 2.24) is 4.98 Å². The van der Waals surface area contributed by atoms with Crippen LogP contribution < -0.4 is 16.0 Å². The summed E-state index contributed by atoms with van der Waals surface area (Å²) in [5.74, 6) is -1.04. The van der Waals surface area contributed by atoms with Crippen LogP contribution in [-0.4, -0.2) is 24.7 Å². The molecule has 28 heavy (non-hydrogen) atoms. The van der Waals surface area contributed by atoms with E-state index in [-0.39, 0.29) is 35.0 Å². The molecule has 0 amide bonds. The van der Waals surface area contributed by atoms with Gasteiger partial charge in [0, 0.05) is 16.5 Å². The minimum atomic E-state index is -1.00. The molecule has 0 saturated carbocycles. The van der Waals surface area contributed by atoms with Gasteiger partial charge in [0.15, 0.2) is 0 Å². The van der Waals surface area contributed by atoms with Crippen molar-refractivity contribution in [1.29, 1.82) is 5.26 Å². The maximum atomic E-state index is 12.8. The van der Waals surface area contributed by atoms with E-state index in [1.54, 1.807) is 38.1 Å². The average molecular weight is 381 g/mol. The summed E-state index contributed by atoms with van der Waals surface area (Å²) in [7, 11) is 1.54. The predicted molar refractivity (Wildman–Crippen MR) is 101 cm³/mol. The van der Waals surface area contributed by atoms with Gasteiger partial charge < -0.3 is 24.9 Å². The fourth-order valence-electron chi connectivity index (χ4n) is 3.21. The number of hydrogen-bond acceptors (Lipinski definition) is 7. The standard InChI is InChI=1S/C20H19N3O5/c1-4-27-20(25)16-10(2)28-18(22)14(9-21)17(16)13-8-11-7-12(26-3)5-6-15(11)23-19(13)24/h5-8,17H,4,22H2,1-3H3,(H,23,24). The van der Waals surface area contributed by atoms with Gasteiger partial charge in [0.1, 0.15) is 23.2 Å². The van der Waals surface area contributed by atoms with Crippen molar-refractivity contribution in [2.75, 3.05) is 13.7 Å². The van der Waals surface area contributed by atoms with Gasteiger partial charge in [0.05, 0.1) is 25.2 Å². The Morgan fingerprint density at radius 1 is 1.39 bits per heavy atom. The number of aromatic amines is 1. The second kappa shape index (κ2) is 7.48. The van der Waals surface area contributed by atoms with E-state index in [0.717, 1.165) is 0 Å². The van der Waals surface area contributed by atoms with Crippen molar-refractivity contribution < 1.29 is 19.0 Å². The summed E-state index contributed by atoms with van der Waals surface area (Å²) in [6, 6.07) is 8.75. The van der Waals surface area contributed by atoms with Gasteiger partial charge in [-0.25, -0.2) is 4.79 Å². The van der Waals surface area contributed by atoms with E-state index in [2.05, 4.69) is 4.98 Å². The zero-order valence-electron chi connectivity index (χ0n) is 15.7. The molecule has 2 heterocycles. The van der Waals surface area contributed by atoms with Crippen molar-refractivity contribution in [2.24, 2.45) is 5.73 Å². The van der Waals surface area contributed by atoms with E-state index in [1.807, 2.05) is 6.07 Å². The molecule has 1 atom stereocenters. The molecule has 0 bridgehead atoms. The van der Waals surface area contributed by atoms with Gasteiger partial charge in [-0.05, 0) is 38.1 Å². The molecular weight excluding hydrogens is 362 g/mol. The van der Waals surface area contributed by atoms with Crippen LogP contribution >= 0.6 is 0 Å². The Bertz CT molecular complexity index is 1120. The number of benzene rings is 1. The Kier molecular flexibility index (Phi) is 5.09. The van der Waals surface area contributed by atoms with Crippen LogP contribution in [0, 0.1) is 11.3 Å². The van der Waals surface area contributed by atoms with Gasteiger partial charge in [-0.15, -0.1) is 0 Å². The summed E-state index contributed by atoms with van der Waals surface area (Å²) < 4.78 is 15.7. The summed E-state index contributed by atoms with van der Waals surface area (Å²) in [6.07, 6.45) is 0. The molecule has 1 aromatic carbocycles. The summed E-state index contributed by atoms with van der Waals surface area (Å²) in [6.45, 7) is 3.34. The van der Waals surface area contributed by atoms with Gasteiger partial charge >= 0.3 is 5.97 Å². The predicted octanol–water partition coefficient (Wildman–Crippen LogP) is 2.18. The van der Waals surface area contributed by atoms with Crippen LogP contribution in [0.5, 0.6) is 5.75 Å². The molecule has 1 aromatic heterocycles. The molecule has 0 fully saturated rings. The van der Waals surface area contributed by atoms with E-state index in [1.165, 1.54) is 7.11 Å². The number of carbonyl (C=O) groups excluding carboxylic acids is 1. The fraction of sp³-hybridized carbons (Fsp3) is 0.250. The molecule has 8 heteroatoms. The molecule has 0 aliphatic carbocycles. The number of H-pyrrole nitrogens is 1. The molecule has 3 N–H and O–H groups in total. The lowest BCUT2D eigenvalue weighted by atomic mass is 9.83. The smallest absolute Gasteiger partial charge is 0.338 e. The SMILES string of the molecule is CCOC(=O)C1=C(C)OC(N)=C(C#N)C1c1cc2cc(OC)ccc2[nH]c1=O. The third-order valence-corrected chi connectivity index (χ3v) is 4.49.